The average Bonchev–Trinajstić information content (AvgIpc) is 2.48. The molecule has 3 rings (SSSR count). The van der Waals surface area contributed by atoms with E-state index in [1.807, 2.05) is 30.3 Å². The Kier molecular flexibility index (Phi) is 3.34. The van der Waals surface area contributed by atoms with Crippen molar-refractivity contribution < 1.29 is 19.7 Å². The number of benzene rings is 2. The molecule has 4 nitrogen and oxygen atoms in total. The first kappa shape index (κ1) is 13.0. The summed E-state index contributed by atoms with van der Waals surface area (Å²) in [5.74, 6) is 0.665. The minimum atomic E-state index is -0.806. The van der Waals surface area contributed by atoms with Crippen molar-refractivity contribution in [2.24, 2.45) is 0 Å². The Morgan fingerprint density at radius 2 is 1.85 bits per heavy atom. The van der Waals surface area contributed by atoms with Crippen LogP contribution in [-0.2, 0) is 4.74 Å². The molecule has 0 spiro atoms. The monoisotopic (exact) mass is 272 g/mol. The Morgan fingerprint density at radius 1 is 1.10 bits per heavy atom. The van der Waals surface area contributed by atoms with Crippen molar-refractivity contribution in [3.05, 3.63) is 59.7 Å². The zero-order chi connectivity index (χ0) is 14.1. The lowest BCUT2D eigenvalue weighted by Crippen LogP contribution is -2.35. The Hall–Kier alpha value is -2.04. The van der Waals surface area contributed by atoms with Crippen molar-refractivity contribution in [3.8, 4) is 11.5 Å². The summed E-state index contributed by atoms with van der Waals surface area (Å²) in [6.07, 6.45) is -1.81. The molecule has 0 bridgehead atoms. The molecule has 2 aromatic carbocycles. The minimum Gasteiger partial charge on any atom is -0.508 e. The SMILES string of the molecule is COC1c2ccc(O)cc2OC(c2ccccc2)C1O. The van der Waals surface area contributed by atoms with Crippen LogP contribution in [0.1, 0.15) is 23.3 Å². The van der Waals surface area contributed by atoms with Crippen molar-refractivity contribution in [2.45, 2.75) is 18.3 Å². The zero-order valence-corrected chi connectivity index (χ0v) is 11.1. The fourth-order valence-electron chi connectivity index (χ4n) is 2.58. The van der Waals surface area contributed by atoms with E-state index in [1.165, 1.54) is 0 Å². The van der Waals surface area contributed by atoms with Crippen LogP contribution in [0.15, 0.2) is 48.5 Å². The molecule has 0 amide bonds. The van der Waals surface area contributed by atoms with E-state index in [-0.39, 0.29) is 5.75 Å². The first-order valence-electron chi connectivity index (χ1n) is 6.46. The number of hydrogen-bond donors (Lipinski definition) is 2. The zero-order valence-electron chi connectivity index (χ0n) is 11.1. The average molecular weight is 272 g/mol. The summed E-state index contributed by atoms with van der Waals surface area (Å²) < 4.78 is 11.3. The molecule has 104 valence electrons. The predicted molar refractivity (Wildman–Crippen MR) is 73.7 cm³/mol. The van der Waals surface area contributed by atoms with Crippen LogP contribution in [0.25, 0.3) is 0 Å². The van der Waals surface area contributed by atoms with Gasteiger partial charge in [-0.2, -0.15) is 0 Å². The van der Waals surface area contributed by atoms with Gasteiger partial charge in [-0.15, -0.1) is 0 Å². The van der Waals surface area contributed by atoms with Gasteiger partial charge in [0.25, 0.3) is 0 Å². The van der Waals surface area contributed by atoms with Gasteiger partial charge >= 0.3 is 0 Å². The maximum Gasteiger partial charge on any atom is 0.152 e. The molecule has 1 aliphatic heterocycles. The highest BCUT2D eigenvalue weighted by molar-refractivity contribution is 5.44. The van der Waals surface area contributed by atoms with Gasteiger partial charge in [-0.05, 0) is 17.7 Å². The van der Waals surface area contributed by atoms with Crippen molar-refractivity contribution in [1.82, 2.24) is 0 Å². The fraction of sp³-hybridized carbons (Fsp3) is 0.250. The second kappa shape index (κ2) is 5.15. The van der Waals surface area contributed by atoms with Crippen molar-refractivity contribution >= 4 is 0 Å². The number of aromatic hydroxyl groups is 1. The quantitative estimate of drug-likeness (QED) is 0.882. The molecular formula is C16H16O4. The number of rotatable bonds is 2. The van der Waals surface area contributed by atoms with E-state index in [9.17, 15) is 10.2 Å². The smallest absolute Gasteiger partial charge is 0.152 e. The molecule has 0 radical (unpaired) electrons. The highest BCUT2D eigenvalue weighted by Gasteiger charge is 2.38. The van der Waals surface area contributed by atoms with Gasteiger partial charge in [0.05, 0.1) is 0 Å². The second-order valence-corrected chi connectivity index (χ2v) is 4.82. The number of aliphatic hydroxyl groups is 1. The summed E-state index contributed by atoms with van der Waals surface area (Å²) in [6.45, 7) is 0. The van der Waals surface area contributed by atoms with E-state index in [4.69, 9.17) is 9.47 Å². The lowest BCUT2D eigenvalue weighted by atomic mass is 9.92. The normalized spacial score (nSPS) is 24.8. The van der Waals surface area contributed by atoms with Crippen LogP contribution in [0.3, 0.4) is 0 Å². The highest BCUT2D eigenvalue weighted by Crippen LogP contribution is 2.43. The molecule has 1 aliphatic rings. The van der Waals surface area contributed by atoms with Gasteiger partial charge in [-0.1, -0.05) is 30.3 Å². The van der Waals surface area contributed by atoms with Gasteiger partial charge < -0.3 is 19.7 Å². The summed E-state index contributed by atoms with van der Waals surface area (Å²) in [5.41, 5.74) is 1.61. The maximum atomic E-state index is 10.5. The molecule has 2 aromatic rings. The molecule has 3 unspecified atom stereocenters. The first-order valence-corrected chi connectivity index (χ1v) is 6.46. The predicted octanol–water partition coefficient (Wildman–Crippen LogP) is 2.57. The van der Waals surface area contributed by atoms with Crippen LogP contribution >= 0.6 is 0 Å². The van der Waals surface area contributed by atoms with Crippen LogP contribution in [0.2, 0.25) is 0 Å². The lowest BCUT2D eigenvalue weighted by Gasteiger charge is -2.36. The van der Waals surface area contributed by atoms with Crippen molar-refractivity contribution in [1.29, 1.82) is 0 Å². The molecule has 2 N–H and O–H groups in total. The Bertz CT molecular complexity index is 597. The second-order valence-electron chi connectivity index (χ2n) is 4.82. The van der Waals surface area contributed by atoms with Crippen LogP contribution in [0.4, 0.5) is 0 Å². The molecule has 0 saturated carbocycles. The molecule has 0 aliphatic carbocycles. The van der Waals surface area contributed by atoms with E-state index in [1.54, 1.807) is 25.3 Å². The lowest BCUT2D eigenvalue weighted by molar-refractivity contribution is -0.0870. The summed E-state index contributed by atoms with van der Waals surface area (Å²) in [7, 11) is 1.55. The minimum absolute atomic E-state index is 0.127. The van der Waals surface area contributed by atoms with E-state index >= 15 is 0 Å². The van der Waals surface area contributed by atoms with Gasteiger partial charge in [0.2, 0.25) is 0 Å². The molecule has 20 heavy (non-hydrogen) atoms. The standard InChI is InChI=1S/C16H16O4/c1-19-16-12-8-7-11(17)9-13(12)20-15(14(16)18)10-5-3-2-4-6-10/h2-9,14-18H,1H3. The van der Waals surface area contributed by atoms with E-state index in [0.717, 1.165) is 11.1 Å². The summed E-state index contributed by atoms with van der Waals surface area (Å²) in [6, 6.07) is 14.3. The van der Waals surface area contributed by atoms with Crippen LogP contribution < -0.4 is 4.74 Å². The molecule has 0 fully saturated rings. The van der Waals surface area contributed by atoms with E-state index < -0.39 is 18.3 Å². The molecule has 1 heterocycles. The molecule has 3 atom stereocenters. The van der Waals surface area contributed by atoms with Gasteiger partial charge in [-0.3, -0.25) is 0 Å². The van der Waals surface area contributed by atoms with Crippen LogP contribution in [-0.4, -0.2) is 23.4 Å². The van der Waals surface area contributed by atoms with Gasteiger partial charge in [-0.25, -0.2) is 0 Å². The molecule has 4 heteroatoms. The number of phenols is 1. The summed E-state index contributed by atoms with van der Waals surface area (Å²) in [4.78, 5) is 0. The number of fused-ring (bicyclic) bond motifs is 1. The third-order valence-electron chi connectivity index (χ3n) is 3.56. The van der Waals surface area contributed by atoms with Gasteiger partial charge in [0.1, 0.15) is 23.7 Å². The fourth-order valence-corrected chi connectivity index (χ4v) is 2.58. The van der Waals surface area contributed by atoms with Crippen LogP contribution in [0, 0.1) is 0 Å². The Labute approximate surface area is 117 Å². The highest BCUT2D eigenvalue weighted by atomic mass is 16.5. The summed E-state index contributed by atoms with van der Waals surface area (Å²) >= 11 is 0. The number of ether oxygens (including phenoxy) is 2. The number of hydrogen-bond acceptors (Lipinski definition) is 4. The first-order chi connectivity index (χ1) is 9.70. The Morgan fingerprint density at radius 3 is 2.55 bits per heavy atom. The van der Waals surface area contributed by atoms with Crippen LogP contribution in [0.5, 0.6) is 11.5 Å². The van der Waals surface area contributed by atoms with E-state index in [0.29, 0.717) is 5.75 Å². The molecule has 0 aromatic heterocycles. The number of phenolic OH excluding ortho intramolecular Hbond substituents is 1. The van der Waals surface area contributed by atoms with E-state index in [2.05, 4.69) is 0 Å². The third kappa shape index (κ3) is 2.13. The molecular weight excluding hydrogens is 256 g/mol. The third-order valence-corrected chi connectivity index (χ3v) is 3.56. The van der Waals surface area contributed by atoms with Crippen molar-refractivity contribution in [3.63, 3.8) is 0 Å². The summed E-state index contributed by atoms with van der Waals surface area (Å²) in [5, 5.41) is 20.1. The molecule has 0 saturated heterocycles. The van der Waals surface area contributed by atoms with Gasteiger partial charge in [0, 0.05) is 18.7 Å². The largest absolute Gasteiger partial charge is 0.508 e. The topological polar surface area (TPSA) is 58.9 Å². The van der Waals surface area contributed by atoms with Gasteiger partial charge in [0.15, 0.2) is 6.10 Å². The number of aliphatic hydroxyl groups excluding tert-OH is 1. The maximum absolute atomic E-state index is 10.5. The Balaban J connectivity index is 2.04. The number of methoxy groups -OCH3 is 1. The van der Waals surface area contributed by atoms with Crippen molar-refractivity contribution in [2.75, 3.05) is 7.11 Å².